The first-order chi connectivity index (χ1) is 7.61. The number of aryl methyl sites for hydroxylation is 2. The molecule has 2 rings (SSSR count). The third-order valence-electron chi connectivity index (χ3n) is 2.37. The van der Waals surface area contributed by atoms with Crippen molar-refractivity contribution in [2.45, 2.75) is 20.3 Å². The van der Waals surface area contributed by atoms with Gasteiger partial charge in [0.1, 0.15) is 5.76 Å². The second kappa shape index (κ2) is 4.55. The number of carbonyl (C=O) groups is 1. The van der Waals surface area contributed by atoms with Crippen LogP contribution in [0.15, 0.2) is 26.4 Å². The van der Waals surface area contributed by atoms with Crippen LogP contribution in [0.25, 0.3) is 0 Å². The normalized spacial score (nSPS) is 10.7. The van der Waals surface area contributed by atoms with Crippen molar-refractivity contribution in [3.63, 3.8) is 0 Å². The molecular formula is C12H11BrO2S. The molecule has 0 amide bonds. The Kier molecular flexibility index (Phi) is 3.30. The molecule has 0 saturated carbocycles. The van der Waals surface area contributed by atoms with Gasteiger partial charge in [0, 0.05) is 16.9 Å². The molecule has 0 radical (unpaired) electrons. The molecule has 0 bridgehead atoms. The van der Waals surface area contributed by atoms with Crippen molar-refractivity contribution >= 4 is 33.0 Å². The third-order valence-corrected chi connectivity index (χ3v) is 3.92. The van der Waals surface area contributed by atoms with Crippen molar-refractivity contribution in [3.05, 3.63) is 43.9 Å². The maximum Gasteiger partial charge on any atom is 0.229 e. The highest BCUT2D eigenvalue weighted by Gasteiger charge is 2.17. The fraction of sp³-hybridized carbons (Fsp3) is 0.250. The fourth-order valence-corrected chi connectivity index (χ4v) is 3.18. The first-order valence-corrected chi connectivity index (χ1v) is 6.62. The van der Waals surface area contributed by atoms with Crippen molar-refractivity contribution in [1.82, 2.24) is 0 Å². The molecule has 0 aliphatic carbocycles. The summed E-state index contributed by atoms with van der Waals surface area (Å²) in [6.07, 6.45) is 0.805. The lowest BCUT2D eigenvalue weighted by atomic mass is 10.1. The molecule has 2 aromatic heterocycles. The first-order valence-electron chi connectivity index (χ1n) is 5.01. The largest absolute Gasteiger partial charge is 0.458 e. The van der Waals surface area contributed by atoms with Crippen LogP contribution in [0.2, 0.25) is 0 Å². The van der Waals surface area contributed by atoms with Gasteiger partial charge < -0.3 is 4.42 Å². The number of furan rings is 1. The quantitative estimate of drug-likeness (QED) is 0.795. The Morgan fingerprint density at radius 3 is 2.75 bits per heavy atom. The predicted molar refractivity (Wildman–Crippen MR) is 68.3 cm³/mol. The minimum atomic E-state index is -0.0425. The summed E-state index contributed by atoms with van der Waals surface area (Å²) < 4.78 is 6.42. The van der Waals surface area contributed by atoms with Crippen molar-refractivity contribution in [2.75, 3.05) is 0 Å². The molecule has 0 fully saturated rings. The lowest BCUT2D eigenvalue weighted by Crippen LogP contribution is -1.99. The van der Waals surface area contributed by atoms with E-state index in [0.717, 1.165) is 20.8 Å². The SMILES string of the molecule is CCc1ccc(C(=O)c2cc(Br)sc2C)o1. The Hall–Kier alpha value is -0.870. The van der Waals surface area contributed by atoms with E-state index in [2.05, 4.69) is 15.9 Å². The topological polar surface area (TPSA) is 30.2 Å². The van der Waals surface area contributed by atoms with Gasteiger partial charge in [0.05, 0.1) is 3.79 Å². The summed E-state index contributed by atoms with van der Waals surface area (Å²) in [6.45, 7) is 3.94. The van der Waals surface area contributed by atoms with Crippen molar-refractivity contribution in [3.8, 4) is 0 Å². The Morgan fingerprint density at radius 1 is 1.50 bits per heavy atom. The maximum absolute atomic E-state index is 12.1. The molecule has 0 aromatic carbocycles. The maximum atomic E-state index is 12.1. The van der Waals surface area contributed by atoms with Crippen LogP contribution in [-0.2, 0) is 6.42 Å². The second-order valence-electron chi connectivity index (χ2n) is 3.47. The molecule has 16 heavy (non-hydrogen) atoms. The zero-order valence-electron chi connectivity index (χ0n) is 9.04. The minimum absolute atomic E-state index is 0.0425. The average Bonchev–Trinajstić information content (AvgIpc) is 2.84. The van der Waals surface area contributed by atoms with E-state index in [-0.39, 0.29) is 5.78 Å². The van der Waals surface area contributed by atoms with Gasteiger partial charge in [-0.25, -0.2) is 0 Å². The summed E-state index contributed by atoms with van der Waals surface area (Å²) in [4.78, 5) is 13.1. The summed E-state index contributed by atoms with van der Waals surface area (Å²) in [6, 6.07) is 5.44. The van der Waals surface area contributed by atoms with E-state index in [1.54, 1.807) is 17.4 Å². The van der Waals surface area contributed by atoms with E-state index < -0.39 is 0 Å². The van der Waals surface area contributed by atoms with Gasteiger partial charge in [0.25, 0.3) is 0 Å². The molecule has 0 saturated heterocycles. The Balaban J connectivity index is 2.35. The van der Waals surface area contributed by atoms with Gasteiger partial charge in [-0.1, -0.05) is 6.92 Å². The first kappa shape index (κ1) is 11.6. The van der Waals surface area contributed by atoms with Crippen molar-refractivity contribution in [1.29, 1.82) is 0 Å². The highest BCUT2D eigenvalue weighted by atomic mass is 79.9. The molecule has 0 aliphatic rings. The fourth-order valence-electron chi connectivity index (χ4n) is 1.49. The number of thiophene rings is 1. The standard InChI is InChI=1S/C12H11BrO2S/c1-3-8-4-5-10(15-8)12(14)9-6-11(13)16-7(9)2/h4-6H,3H2,1-2H3. The van der Waals surface area contributed by atoms with E-state index in [4.69, 9.17) is 4.42 Å². The van der Waals surface area contributed by atoms with Crippen LogP contribution in [0, 0.1) is 6.92 Å². The van der Waals surface area contributed by atoms with Crippen LogP contribution in [0.4, 0.5) is 0 Å². The number of hydrogen-bond acceptors (Lipinski definition) is 3. The average molecular weight is 299 g/mol. The van der Waals surface area contributed by atoms with Gasteiger partial charge in [-0.05, 0) is 41.1 Å². The van der Waals surface area contributed by atoms with Gasteiger partial charge in [-0.2, -0.15) is 0 Å². The van der Waals surface area contributed by atoms with Crippen LogP contribution in [-0.4, -0.2) is 5.78 Å². The third kappa shape index (κ3) is 2.13. The van der Waals surface area contributed by atoms with E-state index in [9.17, 15) is 4.79 Å². The summed E-state index contributed by atoms with van der Waals surface area (Å²) in [5.74, 6) is 1.22. The Morgan fingerprint density at radius 2 is 2.25 bits per heavy atom. The van der Waals surface area contributed by atoms with E-state index in [1.165, 1.54) is 0 Å². The van der Waals surface area contributed by atoms with Crippen LogP contribution >= 0.6 is 27.3 Å². The Bertz CT molecular complexity index is 525. The van der Waals surface area contributed by atoms with Crippen LogP contribution in [0.3, 0.4) is 0 Å². The van der Waals surface area contributed by atoms with E-state index >= 15 is 0 Å². The van der Waals surface area contributed by atoms with Gasteiger partial charge in [-0.15, -0.1) is 11.3 Å². The van der Waals surface area contributed by atoms with Gasteiger partial charge in [-0.3, -0.25) is 4.79 Å². The molecule has 0 atom stereocenters. The summed E-state index contributed by atoms with van der Waals surface area (Å²) in [7, 11) is 0. The second-order valence-corrected chi connectivity index (χ2v) is 6.10. The van der Waals surface area contributed by atoms with Gasteiger partial charge >= 0.3 is 0 Å². The van der Waals surface area contributed by atoms with Crippen LogP contribution < -0.4 is 0 Å². The number of ketones is 1. The molecule has 84 valence electrons. The Labute approximate surface area is 106 Å². The summed E-state index contributed by atoms with van der Waals surface area (Å²) >= 11 is 4.94. The van der Waals surface area contributed by atoms with Gasteiger partial charge in [0.15, 0.2) is 5.76 Å². The number of halogens is 1. The number of hydrogen-bond donors (Lipinski definition) is 0. The molecule has 0 unspecified atom stereocenters. The lowest BCUT2D eigenvalue weighted by molar-refractivity contribution is 0.101. The number of carbonyl (C=O) groups excluding carboxylic acids is 1. The van der Waals surface area contributed by atoms with Crippen LogP contribution in [0.5, 0.6) is 0 Å². The van der Waals surface area contributed by atoms with Crippen molar-refractivity contribution < 1.29 is 9.21 Å². The zero-order chi connectivity index (χ0) is 11.7. The van der Waals surface area contributed by atoms with E-state index in [1.807, 2.05) is 26.0 Å². The predicted octanol–water partition coefficient (Wildman–Crippen LogP) is 4.21. The highest BCUT2D eigenvalue weighted by Crippen LogP contribution is 2.28. The zero-order valence-corrected chi connectivity index (χ0v) is 11.4. The monoisotopic (exact) mass is 298 g/mol. The molecule has 0 spiro atoms. The molecule has 2 aromatic rings. The number of rotatable bonds is 3. The smallest absolute Gasteiger partial charge is 0.229 e. The van der Waals surface area contributed by atoms with Gasteiger partial charge in [0.2, 0.25) is 5.78 Å². The van der Waals surface area contributed by atoms with Crippen molar-refractivity contribution in [2.24, 2.45) is 0 Å². The highest BCUT2D eigenvalue weighted by molar-refractivity contribution is 9.11. The molecule has 2 heterocycles. The molecule has 4 heteroatoms. The van der Waals surface area contributed by atoms with Crippen LogP contribution in [0.1, 0.15) is 33.7 Å². The minimum Gasteiger partial charge on any atom is -0.458 e. The molecule has 0 N–H and O–H groups in total. The molecule has 2 nitrogen and oxygen atoms in total. The lowest BCUT2D eigenvalue weighted by Gasteiger charge is -1.95. The summed E-state index contributed by atoms with van der Waals surface area (Å²) in [5.41, 5.74) is 0.717. The molecular weight excluding hydrogens is 288 g/mol. The van der Waals surface area contributed by atoms with E-state index in [0.29, 0.717) is 11.3 Å². The summed E-state index contributed by atoms with van der Waals surface area (Å²) in [5, 5.41) is 0. The molecule has 0 aliphatic heterocycles.